The fourth-order valence-electron chi connectivity index (χ4n) is 4.99. The summed E-state index contributed by atoms with van der Waals surface area (Å²) >= 11 is 1.50. The van der Waals surface area contributed by atoms with Gasteiger partial charge in [0, 0.05) is 10.9 Å². The monoisotopic (exact) mass is 430 g/mol. The first kappa shape index (κ1) is 21.1. The van der Waals surface area contributed by atoms with Gasteiger partial charge in [0.1, 0.15) is 5.00 Å². The number of carbonyl (C=O) groups excluding carboxylic acids is 2. The molecule has 0 aromatic carbocycles. The molecule has 2 amide bonds. The molecule has 0 bridgehead atoms. The lowest BCUT2D eigenvalue weighted by Gasteiger charge is -2.24. The third kappa shape index (κ3) is 4.31. The van der Waals surface area contributed by atoms with Crippen LogP contribution in [-0.4, -0.2) is 28.9 Å². The second kappa shape index (κ2) is 8.92. The molecule has 3 aliphatic rings. The van der Waals surface area contributed by atoms with Gasteiger partial charge < -0.3 is 15.7 Å². The van der Waals surface area contributed by atoms with Crippen LogP contribution in [0.4, 0.5) is 5.00 Å². The van der Waals surface area contributed by atoms with Crippen LogP contribution in [0.3, 0.4) is 0 Å². The van der Waals surface area contributed by atoms with Crippen molar-refractivity contribution in [2.75, 3.05) is 5.32 Å². The first-order valence-corrected chi connectivity index (χ1v) is 11.9. The van der Waals surface area contributed by atoms with E-state index in [1.165, 1.54) is 16.2 Å². The molecule has 0 radical (unpaired) electrons. The molecule has 1 aromatic heterocycles. The van der Waals surface area contributed by atoms with Crippen molar-refractivity contribution in [1.29, 1.82) is 0 Å². The molecule has 1 heterocycles. The Morgan fingerprint density at radius 2 is 1.77 bits per heavy atom. The summed E-state index contributed by atoms with van der Waals surface area (Å²) in [6.45, 7) is 2.21. The molecule has 0 saturated heterocycles. The number of fused-ring (bicyclic) bond motifs is 1. The number of aliphatic carboxylic acids is 1. The van der Waals surface area contributed by atoms with Gasteiger partial charge in [-0.2, -0.15) is 0 Å². The Hall–Kier alpha value is -2.15. The Balaban J connectivity index is 1.60. The first-order valence-electron chi connectivity index (χ1n) is 11.1. The van der Waals surface area contributed by atoms with E-state index in [1.54, 1.807) is 0 Å². The van der Waals surface area contributed by atoms with E-state index in [1.807, 2.05) is 12.2 Å². The average Bonchev–Trinajstić information content (AvgIpc) is 3.34. The van der Waals surface area contributed by atoms with Crippen molar-refractivity contribution in [3.8, 4) is 0 Å². The highest BCUT2D eigenvalue weighted by Crippen LogP contribution is 2.40. The molecule has 1 fully saturated rings. The largest absolute Gasteiger partial charge is 0.481 e. The number of anilines is 1. The van der Waals surface area contributed by atoms with Gasteiger partial charge in [0.05, 0.1) is 17.4 Å². The highest BCUT2D eigenvalue weighted by atomic mass is 32.1. The molecule has 3 atom stereocenters. The van der Waals surface area contributed by atoms with Gasteiger partial charge in [-0.05, 0) is 56.4 Å². The van der Waals surface area contributed by atoms with Crippen molar-refractivity contribution in [1.82, 2.24) is 5.32 Å². The number of rotatable bonds is 5. The number of allylic oxidation sites excluding steroid dienone is 2. The highest BCUT2D eigenvalue weighted by Gasteiger charge is 2.36. The number of carboxylic acid groups (broad SMARTS) is 1. The van der Waals surface area contributed by atoms with Gasteiger partial charge in [-0.25, -0.2) is 0 Å². The Morgan fingerprint density at radius 3 is 2.47 bits per heavy atom. The van der Waals surface area contributed by atoms with E-state index in [0.717, 1.165) is 50.5 Å². The van der Waals surface area contributed by atoms with E-state index in [9.17, 15) is 19.5 Å². The van der Waals surface area contributed by atoms with Gasteiger partial charge in [-0.3, -0.25) is 14.4 Å². The zero-order chi connectivity index (χ0) is 21.3. The minimum Gasteiger partial charge on any atom is -0.481 e. The number of amides is 2. The van der Waals surface area contributed by atoms with Gasteiger partial charge >= 0.3 is 5.97 Å². The maximum Gasteiger partial charge on any atom is 0.307 e. The molecule has 3 N–H and O–H groups in total. The number of nitrogens with one attached hydrogen (secondary N) is 2. The summed E-state index contributed by atoms with van der Waals surface area (Å²) in [5.41, 5.74) is 1.68. The van der Waals surface area contributed by atoms with E-state index >= 15 is 0 Å². The second-order valence-corrected chi connectivity index (χ2v) is 10.1. The Morgan fingerprint density at radius 1 is 1.07 bits per heavy atom. The van der Waals surface area contributed by atoms with Crippen LogP contribution in [0.15, 0.2) is 12.2 Å². The predicted octanol–water partition coefficient (Wildman–Crippen LogP) is 4.15. The standard InChI is InChI=1S/C23H30N2O4S/c1-13-10-11-17-18(12-13)30-22(19(17)21(27)24-14-6-2-3-7-14)25-20(26)15-8-4-5-9-16(15)23(28)29/h4-5,13-16H,2-3,6-12H2,1H3,(H,24,27)(H,25,26)(H,28,29)/t13-,15-,16-/m1/s1. The number of hydrogen-bond acceptors (Lipinski definition) is 4. The summed E-state index contributed by atoms with van der Waals surface area (Å²) in [6, 6.07) is 0.207. The predicted molar refractivity (Wildman–Crippen MR) is 117 cm³/mol. The van der Waals surface area contributed by atoms with Crippen LogP contribution in [0.2, 0.25) is 0 Å². The summed E-state index contributed by atoms with van der Waals surface area (Å²) in [4.78, 5) is 39.0. The summed E-state index contributed by atoms with van der Waals surface area (Å²) < 4.78 is 0. The molecule has 0 aliphatic heterocycles. The Kier molecular flexibility index (Phi) is 6.27. The molecular weight excluding hydrogens is 400 g/mol. The molecule has 7 heteroatoms. The normalized spacial score (nSPS) is 26.2. The Bertz CT molecular complexity index is 869. The number of hydrogen-bond donors (Lipinski definition) is 3. The Labute approximate surface area is 181 Å². The lowest BCUT2D eigenvalue weighted by Crippen LogP contribution is -2.36. The minimum absolute atomic E-state index is 0.0948. The van der Waals surface area contributed by atoms with E-state index < -0.39 is 17.8 Å². The van der Waals surface area contributed by atoms with Gasteiger partial charge in [0.25, 0.3) is 5.91 Å². The van der Waals surface area contributed by atoms with Gasteiger partial charge in [0.2, 0.25) is 5.91 Å². The SMILES string of the molecule is C[C@@H]1CCc2c(sc(NC(=O)[C@@H]3CC=CC[C@H]3C(=O)O)c2C(=O)NC2CCCC2)C1. The minimum atomic E-state index is -0.946. The summed E-state index contributed by atoms with van der Waals surface area (Å²) in [6.07, 6.45) is 11.6. The van der Waals surface area contributed by atoms with E-state index in [2.05, 4.69) is 17.6 Å². The third-order valence-corrected chi connectivity index (χ3v) is 7.92. The third-order valence-electron chi connectivity index (χ3n) is 6.75. The average molecular weight is 431 g/mol. The van der Waals surface area contributed by atoms with Crippen LogP contribution in [0.5, 0.6) is 0 Å². The van der Waals surface area contributed by atoms with Gasteiger partial charge in [-0.1, -0.05) is 31.9 Å². The van der Waals surface area contributed by atoms with Crippen LogP contribution in [0.25, 0.3) is 0 Å². The zero-order valence-corrected chi connectivity index (χ0v) is 18.2. The van der Waals surface area contributed by atoms with Crippen molar-refractivity contribution in [2.24, 2.45) is 17.8 Å². The molecule has 30 heavy (non-hydrogen) atoms. The fraction of sp³-hybridized carbons (Fsp3) is 0.609. The smallest absolute Gasteiger partial charge is 0.307 e. The topological polar surface area (TPSA) is 95.5 Å². The second-order valence-electron chi connectivity index (χ2n) is 8.99. The zero-order valence-electron chi connectivity index (χ0n) is 17.4. The molecular formula is C23H30N2O4S. The molecule has 0 unspecified atom stereocenters. The maximum atomic E-state index is 13.2. The molecule has 3 aliphatic carbocycles. The van der Waals surface area contributed by atoms with Gasteiger partial charge in [-0.15, -0.1) is 11.3 Å². The maximum absolute atomic E-state index is 13.2. The number of carboxylic acids is 1. The van der Waals surface area contributed by atoms with Crippen LogP contribution in [0, 0.1) is 17.8 Å². The van der Waals surface area contributed by atoms with Crippen molar-refractivity contribution in [2.45, 2.75) is 70.8 Å². The van der Waals surface area contributed by atoms with Crippen molar-refractivity contribution in [3.63, 3.8) is 0 Å². The van der Waals surface area contributed by atoms with Gasteiger partial charge in [0.15, 0.2) is 0 Å². The molecule has 1 aromatic rings. The molecule has 6 nitrogen and oxygen atoms in total. The van der Waals surface area contributed by atoms with Crippen LogP contribution in [0.1, 0.15) is 72.7 Å². The number of thiophene rings is 1. The molecule has 4 rings (SSSR count). The fourth-order valence-corrected chi connectivity index (χ4v) is 6.40. The van der Waals surface area contributed by atoms with Crippen molar-refractivity contribution in [3.05, 3.63) is 28.2 Å². The summed E-state index contributed by atoms with van der Waals surface area (Å²) in [7, 11) is 0. The number of carbonyl (C=O) groups is 3. The quantitative estimate of drug-likeness (QED) is 0.612. The van der Waals surface area contributed by atoms with Crippen LogP contribution in [-0.2, 0) is 22.4 Å². The summed E-state index contributed by atoms with van der Waals surface area (Å²) in [5.74, 6) is -2.11. The lowest BCUT2D eigenvalue weighted by molar-refractivity contribution is -0.146. The highest BCUT2D eigenvalue weighted by molar-refractivity contribution is 7.17. The van der Waals surface area contributed by atoms with E-state index in [4.69, 9.17) is 0 Å². The molecule has 162 valence electrons. The van der Waals surface area contributed by atoms with Crippen LogP contribution < -0.4 is 10.6 Å². The lowest BCUT2D eigenvalue weighted by atomic mass is 9.82. The summed E-state index contributed by atoms with van der Waals surface area (Å²) in [5, 5.41) is 16.2. The molecule has 0 spiro atoms. The van der Waals surface area contributed by atoms with Crippen LogP contribution >= 0.6 is 11.3 Å². The van der Waals surface area contributed by atoms with E-state index in [-0.39, 0.29) is 17.9 Å². The molecule has 1 saturated carbocycles. The van der Waals surface area contributed by atoms with Crippen molar-refractivity contribution < 1.29 is 19.5 Å². The van der Waals surface area contributed by atoms with Crippen molar-refractivity contribution >= 4 is 34.1 Å². The van der Waals surface area contributed by atoms with E-state index in [0.29, 0.717) is 29.3 Å². The first-order chi connectivity index (χ1) is 14.4.